The van der Waals surface area contributed by atoms with Crippen LogP contribution in [-0.2, 0) is 64.0 Å². The van der Waals surface area contributed by atoms with Gasteiger partial charge in [0.2, 0.25) is 65.0 Å². The molecular formula is C54H89N13O15S. The second-order valence-electron chi connectivity index (χ2n) is 21.6. The molecule has 11 amide bonds. The number of carboxylic acid groups (broad SMARTS) is 1. The van der Waals surface area contributed by atoms with E-state index in [1.165, 1.54) is 0 Å². The average Bonchev–Trinajstić information content (AvgIpc) is 3.48. The van der Waals surface area contributed by atoms with Crippen molar-refractivity contribution in [1.29, 1.82) is 0 Å². The Kier molecular flexibility index (Phi) is 32.9. The van der Waals surface area contributed by atoms with E-state index < -0.39 is 157 Å². The van der Waals surface area contributed by atoms with Gasteiger partial charge in [0.1, 0.15) is 48.0 Å². The Morgan fingerprint density at radius 1 is 0.639 bits per heavy atom. The molecule has 0 aliphatic heterocycles. The molecule has 0 saturated heterocycles. The molecule has 1 aromatic carbocycles. The number of aliphatic hydroxyl groups excluding tert-OH is 1. The predicted octanol–water partition coefficient (Wildman–Crippen LogP) is -3.20. The van der Waals surface area contributed by atoms with E-state index in [0.29, 0.717) is 31.6 Å². The predicted molar refractivity (Wildman–Crippen MR) is 307 cm³/mol. The van der Waals surface area contributed by atoms with Gasteiger partial charge in [-0.1, -0.05) is 78.9 Å². The van der Waals surface area contributed by atoms with E-state index in [2.05, 4.69) is 47.9 Å². The lowest BCUT2D eigenvalue weighted by molar-refractivity contribution is -0.139. The number of thioether (sulfide) groups is 1. The third kappa shape index (κ3) is 28.1. The molecule has 1 aliphatic carbocycles. The molecule has 0 bridgehead atoms. The highest BCUT2D eigenvalue weighted by atomic mass is 32.2. The molecule has 83 heavy (non-hydrogen) atoms. The molecule has 0 heterocycles. The molecule has 28 nitrogen and oxygen atoms in total. The Balaban J connectivity index is 2.23. The summed E-state index contributed by atoms with van der Waals surface area (Å²) < 4.78 is 5.14. The van der Waals surface area contributed by atoms with Crippen molar-refractivity contribution in [1.82, 2.24) is 47.9 Å². The summed E-state index contributed by atoms with van der Waals surface area (Å²) in [5.74, 6) is -11.8. The van der Waals surface area contributed by atoms with Gasteiger partial charge in [-0.25, -0.2) is 4.79 Å². The van der Waals surface area contributed by atoms with Gasteiger partial charge in [0, 0.05) is 24.3 Å². The van der Waals surface area contributed by atoms with E-state index >= 15 is 0 Å². The van der Waals surface area contributed by atoms with Crippen LogP contribution in [0.5, 0.6) is 5.75 Å². The number of carbonyl (C=O) groups excluding carboxylic acids is 11. The zero-order valence-electron chi connectivity index (χ0n) is 48.4. The number of amides is 11. The fourth-order valence-electron chi connectivity index (χ4n) is 8.86. The highest BCUT2D eigenvalue weighted by Gasteiger charge is 2.36. The summed E-state index contributed by atoms with van der Waals surface area (Å²) in [6.45, 7) is 8.18. The molecule has 1 fully saturated rings. The zero-order chi connectivity index (χ0) is 62.3. The van der Waals surface area contributed by atoms with Crippen molar-refractivity contribution in [3.63, 3.8) is 0 Å². The average molecular weight is 1190 g/mol. The first-order valence-corrected chi connectivity index (χ1v) is 29.1. The molecule has 29 heteroatoms. The van der Waals surface area contributed by atoms with Gasteiger partial charge < -0.3 is 85.7 Å². The van der Waals surface area contributed by atoms with Crippen molar-refractivity contribution in [3.05, 3.63) is 29.8 Å². The van der Waals surface area contributed by atoms with Crippen molar-refractivity contribution in [3.8, 4) is 5.75 Å². The van der Waals surface area contributed by atoms with Gasteiger partial charge in [0.15, 0.2) is 6.61 Å². The minimum atomic E-state index is -1.74. The molecule has 0 unspecified atom stereocenters. The van der Waals surface area contributed by atoms with Gasteiger partial charge >= 0.3 is 5.97 Å². The van der Waals surface area contributed by atoms with Crippen LogP contribution in [0.15, 0.2) is 24.3 Å². The smallest absolute Gasteiger partial charge is 0.341 e. The Morgan fingerprint density at radius 3 is 1.77 bits per heavy atom. The second-order valence-corrected chi connectivity index (χ2v) is 22.6. The Bertz CT molecular complexity index is 2340. The highest BCUT2D eigenvalue weighted by Crippen LogP contribution is 2.28. The molecule has 0 spiro atoms. The molecule has 1 aromatic rings. The SMILES string of the molecule is CC(C)C[C@@H](NC(=O)[C@@H](C)CCCN)C(=O)N[C@@H](CC(N)=O)C(=O)N[C@@H](CC1CCCCC1)C(=O)N[C@H](C(=O)N[C@@H](CO)C(=O)N[C@@H](CSCC(=O)N[C@@H](CN)C(=O)N[C@H](C)Cc1ccc(OCC(=O)O)cc1)C(=O)NCC(N)=O)C(C)C. The van der Waals surface area contributed by atoms with E-state index in [9.17, 15) is 62.6 Å². The normalized spacial score (nSPS) is 15.7. The van der Waals surface area contributed by atoms with Crippen LogP contribution in [0.4, 0.5) is 0 Å². The number of hydrogen-bond acceptors (Lipinski definition) is 17. The third-order valence-corrected chi connectivity index (χ3v) is 14.4. The van der Waals surface area contributed by atoms with Crippen molar-refractivity contribution in [2.24, 2.45) is 46.6 Å². The summed E-state index contributed by atoms with van der Waals surface area (Å²) in [7, 11) is 0. The number of nitrogens with two attached hydrogens (primary N) is 4. The Morgan fingerprint density at radius 2 is 1.20 bits per heavy atom. The van der Waals surface area contributed by atoms with Gasteiger partial charge in [-0.3, -0.25) is 52.7 Å². The van der Waals surface area contributed by atoms with Crippen LogP contribution >= 0.6 is 11.8 Å². The largest absolute Gasteiger partial charge is 0.482 e. The molecule has 1 saturated carbocycles. The summed E-state index contributed by atoms with van der Waals surface area (Å²) in [6.07, 6.45) is 5.16. The van der Waals surface area contributed by atoms with Crippen LogP contribution in [0.25, 0.3) is 0 Å². The van der Waals surface area contributed by atoms with E-state index in [-0.39, 0.29) is 42.7 Å². The van der Waals surface area contributed by atoms with E-state index in [1.54, 1.807) is 52.0 Å². The van der Waals surface area contributed by atoms with E-state index in [1.807, 2.05) is 13.8 Å². The summed E-state index contributed by atoms with van der Waals surface area (Å²) in [5.41, 5.74) is 23.0. The van der Waals surface area contributed by atoms with Crippen LogP contribution in [0.3, 0.4) is 0 Å². The molecule has 466 valence electrons. The first-order chi connectivity index (χ1) is 39.2. The number of ether oxygens (including phenoxy) is 1. The molecular weight excluding hydrogens is 1100 g/mol. The minimum absolute atomic E-state index is 0.0479. The summed E-state index contributed by atoms with van der Waals surface area (Å²) in [6, 6.07) is -3.65. The molecule has 1 aliphatic rings. The van der Waals surface area contributed by atoms with Gasteiger partial charge in [0.25, 0.3) is 0 Å². The summed E-state index contributed by atoms with van der Waals surface area (Å²) >= 11 is 0.835. The van der Waals surface area contributed by atoms with Crippen molar-refractivity contribution in [2.75, 3.05) is 44.4 Å². The van der Waals surface area contributed by atoms with Gasteiger partial charge in [0.05, 0.1) is 25.3 Å². The number of benzene rings is 1. The maximum atomic E-state index is 14.3. The molecule has 0 aromatic heterocycles. The molecule has 0 radical (unpaired) electrons. The lowest BCUT2D eigenvalue weighted by Crippen LogP contribution is -2.61. The van der Waals surface area contributed by atoms with E-state index in [0.717, 1.165) is 49.4 Å². The maximum Gasteiger partial charge on any atom is 0.341 e. The molecule has 19 N–H and O–H groups in total. The maximum absolute atomic E-state index is 14.3. The number of carboxylic acids is 1. The van der Waals surface area contributed by atoms with Gasteiger partial charge in [-0.15, -0.1) is 11.8 Å². The van der Waals surface area contributed by atoms with E-state index in [4.69, 9.17) is 32.8 Å². The monoisotopic (exact) mass is 1190 g/mol. The number of aliphatic carboxylic acids is 1. The van der Waals surface area contributed by atoms with Crippen LogP contribution in [0.1, 0.15) is 111 Å². The van der Waals surface area contributed by atoms with Crippen LogP contribution < -0.4 is 75.5 Å². The number of hydrogen-bond donors (Lipinski definition) is 15. The number of nitrogens with one attached hydrogen (secondary N) is 9. The van der Waals surface area contributed by atoms with Crippen LogP contribution in [0, 0.1) is 23.7 Å². The Hall–Kier alpha value is -7.11. The fourth-order valence-corrected chi connectivity index (χ4v) is 9.72. The van der Waals surface area contributed by atoms with Crippen LogP contribution in [-0.4, -0.2) is 174 Å². The number of aliphatic hydroxyl groups is 1. The highest BCUT2D eigenvalue weighted by molar-refractivity contribution is 8.00. The number of carbonyl (C=O) groups is 12. The zero-order valence-corrected chi connectivity index (χ0v) is 49.2. The second kappa shape index (κ2) is 37.9. The lowest BCUT2D eigenvalue weighted by atomic mass is 9.84. The number of rotatable bonds is 39. The third-order valence-electron chi connectivity index (χ3n) is 13.3. The standard InChI is InChI=1S/C54H89N13O15S/c1-29(2)19-36(62-47(74)31(5)11-10-18-55)49(76)64-38(22-42(57)69)50(77)63-37(21-33-12-8-7-9-13-33)51(78)67-46(30(3)4)54(81)65-40(25-68)53(80)66-41(48(75)59-24-43(58)70)27-83-28-44(71)61-39(23-56)52(79)60-32(6)20-34-14-16-35(17-15-34)82-26-45(72)73/h14-17,29-33,36-41,46,68H,7-13,18-28,55-56H2,1-6H3,(H2,57,69)(H2,58,70)(H,59,75)(H,60,79)(H,61,71)(H,62,74)(H,63,77)(H,64,76)(H,65,81)(H,66,80)(H,67,78)(H,72,73)/t31-,32+,36+,37-,38-,39-,40-,41-,46-/m0/s1. The van der Waals surface area contributed by atoms with Crippen molar-refractivity contribution in [2.45, 2.75) is 161 Å². The quantitative estimate of drug-likeness (QED) is 0.0309. The molecule has 2 rings (SSSR count). The molecule has 9 atom stereocenters. The first kappa shape index (κ1) is 72.0. The Labute approximate surface area is 488 Å². The topological polar surface area (TPSA) is 467 Å². The number of primary amides is 2. The van der Waals surface area contributed by atoms with Crippen LogP contribution in [0.2, 0.25) is 0 Å². The van der Waals surface area contributed by atoms with Gasteiger partial charge in [-0.2, -0.15) is 0 Å². The minimum Gasteiger partial charge on any atom is -0.482 e. The summed E-state index contributed by atoms with van der Waals surface area (Å²) in [5, 5.41) is 42.1. The van der Waals surface area contributed by atoms with Gasteiger partial charge in [-0.05, 0) is 81.0 Å². The fraction of sp³-hybridized carbons (Fsp3) is 0.667. The summed E-state index contributed by atoms with van der Waals surface area (Å²) in [4.78, 5) is 157. The van der Waals surface area contributed by atoms with Crippen molar-refractivity contribution >= 4 is 82.7 Å². The first-order valence-electron chi connectivity index (χ1n) is 28.0. The van der Waals surface area contributed by atoms with Crippen molar-refractivity contribution < 1.29 is 72.5 Å². The lowest BCUT2D eigenvalue weighted by Gasteiger charge is -2.31.